The van der Waals surface area contributed by atoms with Crippen LogP contribution >= 0.6 is 0 Å². The summed E-state index contributed by atoms with van der Waals surface area (Å²) < 4.78 is 29.6. The molecule has 0 amide bonds. The van der Waals surface area contributed by atoms with Crippen molar-refractivity contribution >= 4 is 43.7 Å². The van der Waals surface area contributed by atoms with Crippen LogP contribution in [0.3, 0.4) is 0 Å². The summed E-state index contributed by atoms with van der Waals surface area (Å²) in [4.78, 5) is 9.43. The van der Waals surface area contributed by atoms with Gasteiger partial charge in [-0.15, -0.1) is 0 Å². The highest BCUT2D eigenvalue weighted by Gasteiger charge is 2.20. The largest absolute Gasteiger partial charge is 0.384 e. The summed E-state index contributed by atoms with van der Waals surface area (Å²) in [5, 5.41) is 9.66. The van der Waals surface area contributed by atoms with Gasteiger partial charge in [-0.2, -0.15) is 5.26 Å². The van der Waals surface area contributed by atoms with Crippen molar-refractivity contribution in [3.05, 3.63) is 83.9 Å². The Hall–Kier alpha value is -4.42. The fourth-order valence-electron chi connectivity index (χ4n) is 3.64. The first-order chi connectivity index (χ1) is 15.9. The van der Waals surface area contributed by atoms with Crippen LogP contribution in [0.1, 0.15) is 11.1 Å². The molecule has 0 fully saturated rings. The zero-order chi connectivity index (χ0) is 23.2. The van der Waals surface area contributed by atoms with Crippen molar-refractivity contribution in [3.8, 4) is 11.8 Å². The van der Waals surface area contributed by atoms with E-state index < -0.39 is 10.0 Å². The molecule has 9 heteroatoms. The lowest BCUT2D eigenvalue weighted by Gasteiger charge is -2.11. The molecule has 0 aliphatic carbocycles. The number of benzene rings is 3. The van der Waals surface area contributed by atoms with E-state index in [2.05, 4.69) is 20.8 Å². The van der Waals surface area contributed by atoms with E-state index in [1.807, 2.05) is 31.2 Å². The molecule has 0 unspecified atom stereocenters. The van der Waals surface area contributed by atoms with E-state index in [0.717, 1.165) is 5.56 Å². The number of nitrogens with one attached hydrogen (secondary N) is 1. The first-order valence-electron chi connectivity index (χ1n) is 10.0. The first-order valence-corrected chi connectivity index (χ1v) is 11.5. The van der Waals surface area contributed by atoms with Crippen LogP contribution in [0.5, 0.6) is 0 Å². The summed E-state index contributed by atoms with van der Waals surface area (Å²) in [5.41, 5.74) is 10.7. The monoisotopic (exact) mass is 454 g/mol. The smallest absolute Gasteiger partial charge is 0.261 e. The molecule has 0 aliphatic heterocycles. The van der Waals surface area contributed by atoms with E-state index >= 15 is 0 Å². The number of nitrogens with zero attached hydrogens (tertiary/aromatic N) is 4. The van der Waals surface area contributed by atoms with Gasteiger partial charge in [-0.1, -0.05) is 29.8 Å². The summed E-state index contributed by atoms with van der Waals surface area (Å²) in [6, 6.07) is 22.8. The Morgan fingerprint density at radius 3 is 2.21 bits per heavy atom. The minimum absolute atomic E-state index is 0.179. The lowest BCUT2D eigenvalue weighted by atomic mass is 10.2. The number of sulfonamides is 1. The maximum atomic E-state index is 12.7. The molecule has 0 saturated heterocycles. The standard InChI is InChI=1S/C24H18N6O2S/c1-15-6-12-18(13-7-15)33(31,32)29-16-8-10-17(11-9-16)30-23(26)19(14-25)22-24(30)28-21-5-3-2-4-20(21)27-22/h2-13,29H,26H2,1H3. The number of hydrogen-bond acceptors (Lipinski definition) is 6. The number of aromatic nitrogens is 3. The SMILES string of the molecule is Cc1ccc(S(=O)(=O)Nc2ccc(-n3c(N)c(C#N)c4nc5ccccc5nc43)cc2)cc1. The average molecular weight is 455 g/mol. The Bertz CT molecular complexity index is 1670. The Balaban J connectivity index is 1.56. The average Bonchev–Trinajstić information content (AvgIpc) is 3.08. The number of anilines is 2. The van der Waals surface area contributed by atoms with Crippen LogP contribution in [0.25, 0.3) is 27.9 Å². The summed E-state index contributed by atoms with van der Waals surface area (Å²) in [6.07, 6.45) is 0. The van der Waals surface area contributed by atoms with Gasteiger partial charge in [-0.05, 0) is 55.5 Å². The normalized spacial score (nSPS) is 11.5. The van der Waals surface area contributed by atoms with Crippen LogP contribution in [-0.4, -0.2) is 23.0 Å². The number of para-hydroxylation sites is 2. The second-order valence-corrected chi connectivity index (χ2v) is 9.24. The van der Waals surface area contributed by atoms with Gasteiger partial charge < -0.3 is 5.73 Å². The van der Waals surface area contributed by atoms with Crippen LogP contribution in [0.15, 0.2) is 77.7 Å². The zero-order valence-corrected chi connectivity index (χ0v) is 18.3. The van der Waals surface area contributed by atoms with Crippen molar-refractivity contribution < 1.29 is 8.42 Å². The van der Waals surface area contributed by atoms with E-state index in [0.29, 0.717) is 33.6 Å². The molecular formula is C24H18N6O2S. The number of hydrogen-bond donors (Lipinski definition) is 2. The predicted octanol–water partition coefficient (Wildman–Crippen LogP) is 4.14. The minimum atomic E-state index is -3.72. The van der Waals surface area contributed by atoms with Crippen molar-refractivity contribution in [2.45, 2.75) is 11.8 Å². The summed E-state index contributed by atoms with van der Waals surface area (Å²) in [5.74, 6) is 0.218. The third-order valence-corrected chi connectivity index (χ3v) is 6.72. The Kier molecular flexibility index (Phi) is 4.73. The molecule has 5 rings (SSSR count). The zero-order valence-electron chi connectivity index (χ0n) is 17.5. The third kappa shape index (κ3) is 3.52. The molecule has 2 aromatic heterocycles. The van der Waals surface area contributed by atoms with Gasteiger partial charge in [0.15, 0.2) is 5.65 Å². The molecule has 0 atom stereocenters. The molecule has 3 N–H and O–H groups in total. The summed E-state index contributed by atoms with van der Waals surface area (Å²) >= 11 is 0. The maximum absolute atomic E-state index is 12.7. The molecule has 5 aromatic rings. The van der Waals surface area contributed by atoms with E-state index in [9.17, 15) is 13.7 Å². The van der Waals surface area contributed by atoms with E-state index in [1.54, 1.807) is 53.1 Å². The number of nitrogens with two attached hydrogens (primary N) is 1. The fourth-order valence-corrected chi connectivity index (χ4v) is 4.70. The molecule has 0 bridgehead atoms. The fraction of sp³-hybridized carbons (Fsp3) is 0.0417. The lowest BCUT2D eigenvalue weighted by Crippen LogP contribution is -2.13. The van der Waals surface area contributed by atoms with Crippen molar-refractivity contribution in [3.63, 3.8) is 0 Å². The van der Waals surface area contributed by atoms with Gasteiger partial charge in [0.05, 0.1) is 15.9 Å². The second kappa shape index (κ2) is 7.62. The molecule has 0 aliphatic rings. The highest BCUT2D eigenvalue weighted by molar-refractivity contribution is 7.92. The molecule has 0 saturated carbocycles. The van der Waals surface area contributed by atoms with Crippen LogP contribution in [-0.2, 0) is 10.0 Å². The Labute approximate surface area is 190 Å². The molecule has 33 heavy (non-hydrogen) atoms. The molecule has 2 heterocycles. The van der Waals surface area contributed by atoms with E-state index in [4.69, 9.17) is 5.73 Å². The highest BCUT2D eigenvalue weighted by Crippen LogP contribution is 2.31. The van der Waals surface area contributed by atoms with Crippen LogP contribution < -0.4 is 10.5 Å². The number of rotatable bonds is 4. The van der Waals surface area contributed by atoms with Gasteiger partial charge >= 0.3 is 0 Å². The van der Waals surface area contributed by atoms with Crippen molar-refractivity contribution in [1.82, 2.24) is 14.5 Å². The van der Waals surface area contributed by atoms with E-state index in [-0.39, 0.29) is 16.3 Å². The lowest BCUT2D eigenvalue weighted by molar-refractivity contribution is 0.601. The molecule has 8 nitrogen and oxygen atoms in total. The van der Waals surface area contributed by atoms with Gasteiger partial charge in [0.25, 0.3) is 10.0 Å². The molecule has 3 aromatic carbocycles. The number of fused-ring (bicyclic) bond motifs is 2. The molecule has 162 valence electrons. The predicted molar refractivity (Wildman–Crippen MR) is 127 cm³/mol. The third-order valence-electron chi connectivity index (χ3n) is 5.32. The van der Waals surface area contributed by atoms with Crippen molar-refractivity contribution in [2.24, 2.45) is 0 Å². The Morgan fingerprint density at radius 1 is 0.939 bits per heavy atom. The number of nitrogen functional groups attached to an aromatic ring is 1. The maximum Gasteiger partial charge on any atom is 0.261 e. The van der Waals surface area contributed by atoms with Gasteiger partial charge in [0.2, 0.25) is 0 Å². The quantitative estimate of drug-likeness (QED) is 0.420. The molecule has 0 spiro atoms. The van der Waals surface area contributed by atoms with Gasteiger partial charge in [0, 0.05) is 11.4 Å². The van der Waals surface area contributed by atoms with Crippen molar-refractivity contribution in [2.75, 3.05) is 10.5 Å². The Morgan fingerprint density at radius 2 is 1.58 bits per heavy atom. The topological polar surface area (TPSA) is 127 Å². The van der Waals surface area contributed by atoms with Gasteiger partial charge in [0.1, 0.15) is 23.0 Å². The van der Waals surface area contributed by atoms with Gasteiger partial charge in [-0.3, -0.25) is 9.29 Å². The van der Waals surface area contributed by atoms with E-state index in [1.165, 1.54) is 0 Å². The minimum Gasteiger partial charge on any atom is -0.384 e. The first kappa shape index (κ1) is 20.5. The molecular weight excluding hydrogens is 436 g/mol. The summed E-state index contributed by atoms with van der Waals surface area (Å²) in [7, 11) is -3.72. The molecule has 0 radical (unpaired) electrons. The van der Waals surface area contributed by atoms with Crippen LogP contribution in [0.4, 0.5) is 11.5 Å². The van der Waals surface area contributed by atoms with Crippen molar-refractivity contribution in [1.29, 1.82) is 5.26 Å². The van der Waals surface area contributed by atoms with Crippen LogP contribution in [0, 0.1) is 18.3 Å². The highest BCUT2D eigenvalue weighted by atomic mass is 32.2. The van der Waals surface area contributed by atoms with Gasteiger partial charge in [-0.25, -0.2) is 18.4 Å². The number of aryl methyl sites for hydroxylation is 1. The van der Waals surface area contributed by atoms with Crippen LogP contribution in [0.2, 0.25) is 0 Å². The number of nitriles is 1. The summed E-state index contributed by atoms with van der Waals surface area (Å²) in [6.45, 7) is 1.89. The second-order valence-electron chi connectivity index (χ2n) is 7.56.